The van der Waals surface area contributed by atoms with Crippen molar-refractivity contribution in [3.63, 3.8) is 0 Å². The molecule has 0 saturated carbocycles. The summed E-state index contributed by atoms with van der Waals surface area (Å²) in [7, 11) is 0. The van der Waals surface area contributed by atoms with Crippen LogP contribution in [0.4, 0.5) is 0 Å². The van der Waals surface area contributed by atoms with Gasteiger partial charge in [0.25, 0.3) is 0 Å². The minimum atomic E-state index is -0.322. The van der Waals surface area contributed by atoms with E-state index in [-0.39, 0.29) is 6.04 Å². The number of hydrogen-bond donors (Lipinski definition) is 2. The smallest absolute Gasteiger partial charge is 0.191 e. The van der Waals surface area contributed by atoms with Crippen LogP contribution in [0.5, 0.6) is 0 Å². The van der Waals surface area contributed by atoms with Crippen molar-refractivity contribution in [3.8, 4) is 0 Å². The van der Waals surface area contributed by atoms with Crippen LogP contribution in [0.3, 0.4) is 0 Å². The fourth-order valence-corrected chi connectivity index (χ4v) is 1.45. The highest BCUT2D eigenvalue weighted by atomic mass is 16.1. The standard InChI is InChI=1S/C11H24N4O/c1-3-14-11(13)15(4-2)8-6-5-7-10(12)9-16/h9-10H,3-8,12H2,1-2H3,(H2,13,14). The van der Waals surface area contributed by atoms with Gasteiger partial charge in [0.15, 0.2) is 5.96 Å². The van der Waals surface area contributed by atoms with E-state index in [4.69, 9.17) is 11.5 Å². The first kappa shape index (κ1) is 14.9. The van der Waals surface area contributed by atoms with Crippen LogP contribution in [0.15, 0.2) is 4.99 Å². The normalized spacial score (nSPS) is 13.6. The molecule has 0 saturated heterocycles. The van der Waals surface area contributed by atoms with E-state index in [1.807, 2.05) is 11.8 Å². The molecular weight excluding hydrogens is 204 g/mol. The highest BCUT2D eigenvalue weighted by Crippen LogP contribution is 2.00. The minimum absolute atomic E-state index is 0.322. The van der Waals surface area contributed by atoms with Crippen LogP contribution in [-0.2, 0) is 4.79 Å². The molecule has 0 heterocycles. The van der Waals surface area contributed by atoms with Crippen molar-refractivity contribution in [1.82, 2.24) is 4.90 Å². The Balaban J connectivity index is 3.79. The number of carbonyl (C=O) groups excluding carboxylic acids is 1. The van der Waals surface area contributed by atoms with Gasteiger partial charge in [0, 0.05) is 19.6 Å². The maximum absolute atomic E-state index is 10.3. The number of aldehydes is 1. The molecule has 94 valence electrons. The zero-order valence-corrected chi connectivity index (χ0v) is 10.4. The number of guanidine groups is 1. The summed E-state index contributed by atoms with van der Waals surface area (Å²) >= 11 is 0. The summed E-state index contributed by atoms with van der Waals surface area (Å²) < 4.78 is 0. The van der Waals surface area contributed by atoms with Gasteiger partial charge in [-0.3, -0.25) is 4.99 Å². The number of carbonyl (C=O) groups is 1. The van der Waals surface area contributed by atoms with Crippen molar-refractivity contribution in [2.45, 2.75) is 39.2 Å². The summed E-state index contributed by atoms with van der Waals surface area (Å²) in [6, 6.07) is -0.322. The number of rotatable bonds is 8. The predicted molar refractivity (Wildman–Crippen MR) is 67.3 cm³/mol. The third kappa shape index (κ3) is 6.40. The van der Waals surface area contributed by atoms with E-state index in [2.05, 4.69) is 11.9 Å². The van der Waals surface area contributed by atoms with Gasteiger partial charge in [0.1, 0.15) is 6.29 Å². The molecule has 0 aliphatic carbocycles. The molecule has 1 atom stereocenters. The zero-order valence-electron chi connectivity index (χ0n) is 10.4. The Morgan fingerprint density at radius 1 is 1.44 bits per heavy atom. The maximum atomic E-state index is 10.3. The molecule has 5 heteroatoms. The minimum Gasteiger partial charge on any atom is -0.370 e. The quantitative estimate of drug-likeness (QED) is 0.271. The monoisotopic (exact) mass is 228 g/mol. The van der Waals surface area contributed by atoms with Gasteiger partial charge >= 0.3 is 0 Å². The fourth-order valence-electron chi connectivity index (χ4n) is 1.45. The Bertz CT molecular complexity index is 218. The summed E-state index contributed by atoms with van der Waals surface area (Å²) in [5.41, 5.74) is 11.3. The molecule has 0 rings (SSSR count). The first-order chi connectivity index (χ1) is 7.65. The lowest BCUT2D eigenvalue weighted by molar-refractivity contribution is -0.109. The van der Waals surface area contributed by atoms with Crippen molar-refractivity contribution in [2.75, 3.05) is 19.6 Å². The van der Waals surface area contributed by atoms with Crippen LogP contribution in [-0.4, -0.2) is 42.8 Å². The second-order valence-electron chi connectivity index (χ2n) is 3.71. The largest absolute Gasteiger partial charge is 0.370 e. The molecule has 0 spiro atoms. The predicted octanol–water partition coefficient (Wildman–Crippen LogP) is 0.339. The molecule has 0 aromatic carbocycles. The number of aliphatic imine (C=N–C) groups is 1. The number of nitrogens with zero attached hydrogens (tertiary/aromatic N) is 2. The van der Waals surface area contributed by atoms with E-state index < -0.39 is 0 Å². The molecule has 0 fully saturated rings. The number of unbranched alkanes of at least 4 members (excludes halogenated alkanes) is 1. The van der Waals surface area contributed by atoms with Gasteiger partial charge in [-0.2, -0.15) is 0 Å². The molecule has 0 amide bonds. The molecule has 0 aliphatic heterocycles. The van der Waals surface area contributed by atoms with Crippen LogP contribution in [0.25, 0.3) is 0 Å². The summed E-state index contributed by atoms with van der Waals surface area (Å²) in [5, 5.41) is 0. The van der Waals surface area contributed by atoms with E-state index >= 15 is 0 Å². The first-order valence-corrected chi connectivity index (χ1v) is 5.91. The van der Waals surface area contributed by atoms with E-state index in [1.165, 1.54) is 0 Å². The van der Waals surface area contributed by atoms with Crippen molar-refractivity contribution in [3.05, 3.63) is 0 Å². The van der Waals surface area contributed by atoms with Gasteiger partial charge in [-0.15, -0.1) is 0 Å². The van der Waals surface area contributed by atoms with Crippen molar-refractivity contribution >= 4 is 12.2 Å². The van der Waals surface area contributed by atoms with Gasteiger partial charge in [0.2, 0.25) is 0 Å². The van der Waals surface area contributed by atoms with E-state index in [0.717, 1.165) is 38.6 Å². The molecule has 0 aliphatic rings. The Morgan fingerprint density at radius 2 is 2.12 bits per heavy atom. The molecule has 4 N–H and O–H groups in total. The third-order valence-corrected chi connectivity index (χ3v) is 2.42. The number of nitrogens with two attached hydrogens (primary N) is 2. The Kier molecular flexibility index (Phi) is 8.52. The van der Waals surface area contributed by atoms with Crippen molar-refractivity contribution in [2.24, 2.45) is 16.5 Å². The van der Waals surface area contributed by atoms with Crippen molar-refractivity contribution < 1.29 is 4.79 Å². The molecule has 1 unspecified atom stereocenters. The Morgan fingerprint density at radius 3 is 2.62 bits per heavy atom. The Hall–Kier alpha value is -1.10. The first-order valence-electron chi connectivity index (χ1n) is 5.91. The molecule has 0 bridgehead atoms. The van der Waals surface area contributed by atoms with Gasteiger partial charge in [-0.25, -0.2) is 0 Å². The van der Waals surface area contributed by atoms with E-state index in [1.54, 1.807) is 0 Å². The summed E-state index contributed by atoms with van der Waals surface area (Å²) in [5.74, 6) is 0.602. The van der Waals surface area contributed by atoms with Crippen molar-refractivity contribution in [1.29, 1.82) is 0 Å². The average molecular weight is 228 g/mol. The average Bonchev–Trinajstić information content (AvgIpc) is 2.29. The molecule has 0 aromatic rings. The molecule has 0 aromatic heterocycles. The van der Waals surface area contributed by atoms with Crippen LogP contribution >= 0.6 is 0 Å². The second kappa shape index (κ2) is 9.15. The Labute approximate surface area is 97.9 Å². The lowest BCUT2D eigenvalue weighted by Gasteiger charge is -2.21. The van der Waals surface area contributed by atoms with Crippen LogP contribution in [0, 0.1) is 0 Å². The van der Waals surface area contributed by atoms with Gasteiger partial charge in [0.05, 0.1) is 6.04 Å². The van der Waals surface area contributed by atoms with Gasteiger partial charge in [-0.1, -0.05) is 0 Å². The number of hydrogen-bond acceptors (Lipinski definition) is 3. The highest BCUT2D eigenvalue weighted by Gasteiger charge is 2.05. The van der Waals surface area contributed by atoms with E-state index in [9.17, 15) is 4.79 Å². The summed E-state index contributed by atoms with van der Waals surface area (Å²) in [6.45, 7) is 6.45. The van der Waals surface area contributed by atoms with E-state index in [0.29, 0.717) is 12.5 Å². The van der Waals surface area contributed by atoms with Crippen LogP contribution < -0.4 is 11.5 Å². The maximum Gasteiger partial charge on any atom is 0.191 e. The molecule has 5 nitrogen and oxygen atoms in total. The second-order valence-corrected chi connectivity index (χ2v) is 3.71. The third-order valence-electron chi connectivity index (χ3n) is 2.42. The van der Waals surface area contributed by atoms with Gasteiger partial charge in [-0.05, 0) is 33.1 Å². The van der Waals surface area contributed by atoms with Gasteiger partial charge < -0.3 is 21.2 Å². The topological polar surface area (TPSA) is 84.7 Å². The fraction of sp³-hybridized carbons (Fsp3) is 0.818. The van der Waals surface area contributed by atoms with Crippen LogP contribution in [0.1, 0.15) is 33.1 Å². The molecule has 0 radical (unpaired) electrons. The lowest BCUT2D eigenvalue weighted by Crippen LogP contribution is -2.38. The van der Waals surface area contributed by atoms with Crippen LogP contribution in [0.2, 0.25) is 0 Å². The molecule has 16 heavy (non-hydrogen) atoms. The zero-order chi connectivity index (χ0) is 12.4. The SMILES string of the molecule is CCN=C(N)N(CC)CCCCC(N)C=O. The summed E-state index contributed by atoms with van der Waals surface area (Å²) in [6.07, 6.45) is 3.46. The lowest BCUT2D eigenvalue weighted by atomic mass is 10.1. The molecular formula is C11H24N4O. The summed E-state index contributed by atoms with van der Waals surface area (Å²) in [4.78, 5) is 16.5. The highest BCUT2D eigenvalue weighted by molar-refractivity contribution is 5.77.